The van der Waals surface area contributed by atoms with Crippen LogP contribution in [0.15, 0.2) is 30.4 Å². The molecular formula is C29H37F3O. The zero-order valence-corrected chi connectivity index (χ0v) is 20.0. The summed E-state index contributed by atoms with van der Waals surface area (Å²) in [4.78, 5) is 0. The van der Waals surface area contributed by atoms with Crippen molar-refractivity contribution in [3.8, 4) is 5.75 Å². The van der Waals surface area contributed by atoms with Crippen LogP contribution < -0.4 is 4.74 Å². The fraction of sp³-hybridized carbons (Fsp3) is 0.586. The van der Waals surface area contributed by atoms with Gasteiger partial charge >= 0.3 is 0 Å². The highest BCUT2D eigenvalue weighted by Gasteiger charge is 2.36. The Morgan fingerprint density at radius 1 is 0.939 bits per heavy atom. The van der Waals surface area contributed by atoms with Gasteiger partial charge in [-0.3, -0.25) is 0 Å². The van der Waals surface area contributed by atoms with Crippen molar-refractivity contribution in [2.24, 2.45) is 17.8 Å². The number of hydrogen-bond donors (Lipinski definition) is 0. The lowest BCUT2D eigenvalue weighted by Gasteiger charge is -2.42. The Hall–Kier alpha value is -1.97. The standard InChI is InChI=1S/C29H37F3O/c1-3-5-7-8-19-9-10-21-15-22(12-11-20(21)14-19)23-16-24-18-26(33-13-6-4-2)28(31)29(32)27(24)25(30)17-23/h4,6,16-22H,3,5,7-15H2,1-2H3/b6-4+. The zero-order chi connectivity index (χ0) is 23.4. The molecule has 180 valence electrons. The van der Waals surface area contributed by atoms with E-state index in [-0.39, 0.29) is 23.7 Å². The molecule has 0 N–H and O–H groups in total. The molecule has 2 saturated carbocycles. The summed E-state index contributed by atoms with van der Waals surface area (Å²) in [7, 11) is 0. The monoisotopic (exact) mass is 458 g/mol. The van der Waals surface area contributed by atoms with E-state index in [4.69, 9.17) is 4.74 Å². The van der Waals surface area contributed by atoms with Gasteiger partial charge in [0.1, 0.15) is 12.4 Å². The van der Waals surface area contributed by atoms with Crippen LogP contribution in [0.1, 0.15) is 89.5 Å². The molecule has 0 radical (unpaired) electrons. The van der Waals surface area contributed by atoms with E-state index in [1.807, 2.05) is 13.0 Å². The first-order valence-corrected chi connectivity index (χ1v) is 12.9. The maximum atomic E-state index is 15.0. The zero-order valence-electron chi connectivity index (χ0n) is 20.0. The van der Waals surface area contributed by atoms with Crippen molar-refractivity contribution in [3.63, 3.8) is 0 Å². The van der Waals surface area contributed by atoms with Crippen LogP contribution >= 0.6 is 0 Å². The summed E-state index contributed by atoms with van der Waals surface area (Å²) in [5.41, 5.74) is 0.911. The van der Waals surface area contributed by atoms with Gasteiger partial charge in [-0.25, -0.2) is 8.78 Å². The van der Waals surface area contributed by atoms with Crippen molar-refractivity contribution < 1.29 is 17.9 Å². The highest BCUT2D eigenvalue weighted by molar-refractivity contribution is 5.86. The topological polar surface area (TPSA) is 9.23 Å². The predicted molar refractivity (Wildman–Crippen MR) is 129 cm³/mol. The molecule has 4 rings (SSSR count). The minimum atomic E-state index is -1.17. The molecule has 0 heterocycles. The molecule has 0 saturated heterocycles. The highest BCUT2D eigenvalue weighted by Crippen LogP contribution is 2.49. The van der Waals surface area contributed by atoms with Gasteiger partial charge in [0.05, 0.1) is 5.39 Å². The third kappa shape index (κ3) is 5.41. The molecule has 4 atom stereocenters. The van der Waals surface area contributed by atoms with Gasteiger partial charge in [0.2, 0.25) is 5.82 Å². The fourth-order valence-corrected chi connectivity index (χ4v) is 6.23. The van der Waals surface area contributed by atoms with Crippen LogP contribution in [-0.2, 0) is 0 Å². The van der Waals surface area contributed by atoms with E-state index in [9.17, 15) is 13.2 Å². The molecule has 2 aromatic carbocycles. The number of rotatable bonds is 8. The molecule has 0 bridgehead atoms. The molecule has 0 aliphatic heterocycles. The maximum Gasteiger partial charge on any atom is 0.201 e. The minimum absolute atomic E-state index is 0.145. The molecule has 2 aliphatic rings. The van der Waals surface area contributed by atoms with Gasteiger partial charge in [-0.2, -0.15) is 4.39 Å². The molecule has 0 spiro atoms. The number of allylic oxidation sites excluding steroid dienone is 1. The fourth-order valence-electron chi connectivity index (χ4n) is 6.23. The number of halogens is 3. The summed E-state index contributed by atoms with van der Waals surface area (Å²) < 4.78 is 49.4. The number of ether oxygens (including phenoxy) is 1. The first-order valence-electron chi connectivity index (χ1n) is 12.9. The van der Waals surface area contributed by atoms with Gasteiger partial charge in [0.25, 0.3) is 0 Å². The van der Waals surface area contributed by atoms with Crippen molar-refractivity contribution in [1.82, 2.24) is 0 Å². The normalized spacial score (nSPS) is 25.5. The average molecular weight is 459 g/mol. The first-order chi connectivity index (χ1) is 16.0. The molecule has 2 aromatic rings. The number of unbranched alkanes of at least 4 members (excludes halogenated alkanes) is 2. The van der Waals surface area contributed by atoms with E-state index >= 15 is 0 Å². The van der Waals surface area contributed by atoms with E-state index in [0.717, 1.165) is 30.2 Å². The van der Waals surface area contributed by atoms with Crippen LogP contribution in [0.5, 0.6) is 5.75 Å². The molecule has 0 amide bonds. The van der Waals surface area contributed by atoms with Crippen molar-refractivity contribution in [2.45, 2.75) is 84.0 Å². The summed E-state index contributed by atoms with van der Waals surface area (Å²) >= 11 is 0. The van der Waals surface area contributed by atoms with E-state index < -0.39 is 17.5 Å². The predicted octanol–water partition coefficient (Wildman–Crippen LogP) is 9.09. The van der Waals surface area contributed by atoms with E-state index in [1.165, 1.54) is 63.5 Å². The second-order valence-corrected chi connectivity index (χ2v) is 10.2. The lowest BCUT2D eigenvalue weighted by atomic mass is 9.63. The molecule has 33 heavy (non-hydrogen) atoms. The number of hydrogen-bond acceptors (Lipinski definition) is 1. The van der Waals surface area contributed by atoms with Crippen molar-refractivity contribution in [3.05, 3.63) is 53.4 Å². The van der Waals surface area contributed by atoms with Crippen LogP contribution in [0.2, 0.25) is 0 Å². The SMILES string of the molecule is C/C=C/COc1cc2cc(C3CCC4CC(CCCCC)CCC4C3)cc(F)c2c(F)c1F. The lowest BCUT2D eigenvalue weighted by Crippen LogP contribution is -2.30. The summed E-state index contributed by atoms with van der Waals surface area (Å²) in [6.07, 6.45) is 16.1. The Bertz CT molecular complexity index is 983. The first kappa shape index (κ1) is 24.2. The second-order valence-electron chi connectivity index (χ2n) is 10.2. The molecule has 1 nitrogen and oxygen atoms in total. The van der Waals surface area contributed by atoms with Gasteiger partial charge in [0, 0.05) is 0 Å². The van der Waals surface area contributed by atoms with Crippen LogP contribution in [0, 0.1) is 35.2 Å². The molecule has 4 heteroatoms. The summed E-state index contributed by atoms with van der Waals surface area (Å²) in [6.45, 7) is 4.23. The second kappa shape index (κ2) is 11.0. The van der Waals surface area contributed by atoms with E-state index in [1.54, 1.807) is 12.2 Å². The van der Waals surface area contributed by atoms with Gasteiger partial charge in [0.15, 0.2) is 11.6 Å². The average Bonchev–Trinajstić information content (AvgIpc) is 2.81. The number of fused-ring (bicyclic) bond motifs is 2. The molecule has 0 aromatic heterocycles. The van der Waals surface area contributed by atoms with Crippen LogP contribution in [0.25, 0.3) is 10.8 Å². The summed E-state index contributed by atoms with van der Waals surface area (Å²) in [5, 5.41) is 0.0945. The summed E-state index contributed by atoms with van der Waals surface area (Å²) in [6, 6.07) is 4.73. The van der Waals surface area contributed by atoms with Crippen molar-refractivity contribution in [1.29, 1.82) is 0 Å². The van der Waals surface area contributed by atoms with Gasteiger partial charge in [-0.15, -0.1) is 0 Å². The van der Waals surface area contributed by atoms with Crippen molar-refractivity contribution >= 4 is 10.8 Å². The quantitative estimate of drug-likeness (QED) is 0.283. The van der Waals surface area contributed by atoms with Crippen LogP contribution in [-0.4, -0.2) is 6.61 Å². The van der Waals surface area contributed by atoms with Crippen molar-refractivity contribution in [2.75, 3.05) is 6.61 Å². The van der Waals surface area contributed by atoms with E-state index in [2.05, 4.69) is 6.92 Å². The van der Waals surface area contributed by atoms with Gasteiger partial charge in [-0.05, 0) is 85.8 Å². The third-order valence-electron chi connectivity index (χ3n) is 8.04. The van der Waals surface area contributed by atoms with E-state index in [0.29, 0.717) is 11.3 Å². The smallest absolute Gasteiger partial charge is 0.201 e. The molecule has 4 unspecified atom stereocenters. The highest BCUT2D eigenvalue weighted by atomic mass is 19.2. The van der Waals surface area contributed by atoms with Crippen LogP contribution in [0.3, 0.4) is 0 Å². The Kier molecular flexibility index (Phi) is 8.03. The van der Waals surface area contributed by atoms with Gasteiger partial charge < -0.3 is 4.74 Å². The maximum absolute atomic E-state index is 15.0. The Morgan fingerprint density at radius 3 is 2.52 bits per heavy atom. The number of benzene rings is 2. The largest absolute Gasteiger partial charge is 0.486 e. The molecular weight excluding hydrogens is 421 g/mol. The molecule has 2 aliphatic carbocycles. The van der Waals surface area contributed by atoms with Gasteiger partial charge in [-0.1, -0.05) is 57.2 Å². The minimum Gasteiger partial charge on any atom is -0.486 e. The Balaban J connectivity index is 1.50. The Morgan fingerprint density at radius 2 is 1.73 bits per heavy atom. The Labute approximate surface area is 196 Å². The van der Waals surface area contributed by atoms with Crippen LogP contribution in [0.4, 0.5) is 13.2 Å². The summed E-state index contributed by atoms with van der Waals surface area (Å²) in [5.74, 6) is -0.485. The third-order valence-corrected chi connectivity index (χ3v) is 8.04. The lowest BCUT2D eigenvalue weighted by molar-refractivity contribution is 0.113. The molecule has 2 fully saturated rings.